The number of furan rings is 1. The van der Waals surface area contributed by atoms with Crippen molar-refractivity contribution in [2.45, 2.75) is 34.1 Å². The van der Waals surface area contributed by atoms with Gasteiger partial charge >= 0.3 is 5.97 Å². The number of aryl methyl sites for hydroxylation is 3. The highest BCUT2D eigenvalue weighted by molar-refractivity contribution is 7.15. The van der Waals surface area contributed by atoms with Gasteiger partial charge in [-0.25, -0.2) is 4.79 Å². The molecule has 32 heavy (non-hydrogen) atoms. The van der Waals surface area contributed by atoms with E-state index in [0.717, 1.165) is 44.3 Å². The van der Waals surface area contributed by atoms with Crippen LogP contribution in [0.3, 0.4) is 0 Å². The Morgan fingerprint density at radius 1 is 1.06 bits per heavy atom. The molecule has 0 saturated heterocycles. The normalized spacial score (nSPS) is 11.0. The predicted octanol–water partition coefficient (Wildman–Crippen LogP) is 6.44. The molecule has 4 rings (SSSR count). The van der Waals surface area contributed by atoms with E-state index < -0.39 is 5.97 Å². The lowest BCUT2D eigenvalue weighted by Crippen LogP contribution is -2.16. The second kappa shape index (κ2) is 9.01. The second-order valence-electron chi connectivity index (χ2n) is 7.81. The molecule has 0 fully saturated rings. The van der Waals surface area contributed by atoms with E-state index in [9.17, 15) is 9.59 Å². The van der Waals surface area contributed by atoms with Crippen molar-refractivity contribution in [2.24, 2.45) is 0 Å². The highest BCUT2D eigenvalue weighted by atomic mass is 32.1. The van der Waals surface area contributed by atoms with Crippen molar-refractivity contribution in [3.8, 4) is 11.1 Å². The standard InChI is InChI=1S/C26H25NO4S/c1-5-30-26(29)23-21(18-9-6-15(2)7-10-18)14-32-25(23)27-22(28)12-19-13-31-24-17(4)16(3)8-11-20(19)24/h6-11,13-14H,5,12H2,1-4H3,(H,27,28). The summed E-state index contributed by atoms with van der Waals surface area (Å²) >= 11 is 1.32. The first-order valence-corrected chi connectivity index (χ1v) is 11.4. The highest BCUT2D eigenvalue weighted by Gasteiger charge is 2.23. The van der Waals surface area contributed by atoms with Gasteiger partial charge in [-0.1, -0.05) is 42.0 Å². The third kappa shape index (κ3) is 4.18. The Morgan fingerprint density at radius 3 is 2.53 bits per heavy atom. The van der Waals surface area contributed by atoms with Gasteiger partial charge in [0.1, 0.15) is 16.1 Å². The summed E-state index contributed by atoms with van der Waals surface area (Å²) in [6.45, 7) is 8.08. The smallest absolute Gasteiger partial charge is 0.341 e. The molecule has 0 radical (unpaired) electrons. The van der Waals surface area contributed by atoms with Crippen molar-refractivity contribution < 1.29 is 18.7 Å². The topological polar surface area (TPSA) is 68.5 Å². The number of thiophene rings is 1. The van der Waals surface area contributed by atoms with Crippen LogP contribution >= 0.6 is 11.3 Å². The fraction of sp³-hybridized carbons (Fsp3) is 0.231. The van der Waals surface area contributed by atoms with Crippen molar-refractivity contribution in [1.82, 2.24) is 0 Å². The third-order valence-electron chi connectivity index (χ3n) is 5.58. The van der Waals surface area contributed by atoms with Crippen molar-refractivity contribution in [2.75, 3.05) is 11.9 Å². The summed E-state index contributed by atoms with van der Waals surface area (Å²) in [5.74, 6) is -0.659. The fourth-order valence-electron chi connectivity index (χ4n) is 3.67. The number of amides is 1. The quantitative estimate of drug-likeness (QED) is 0.345. The molecule has 2 aromatic heterocycles. The summed E-state index contributed by atoms with van der Waals surface area (Å²) in [6, 6.07) is 11.9. The molecular weight excluding hydrogens is 422 g/mol. The van der Waals surface area contributed by atoms with Crippen LogP contribution in [-0.4, -0.2) is 18.5 Å². The van der Waals surface area contributed by atoms with Crippen LogP contribution in [0.4, 0.5) is 5.00 Å². The van der Waals surface area contributed by atoms with Crippen LogP contribution in [0.25, 0.3) is 22.1 Å². The Kier molecular flexibility index (Phi) is 6.15. The molecule has 4 aromatic rings. The lowest BCUT2D eigenvalue weighted by Gasteiger charge is -2.09. The van der Waals surface area contributed by atoms with Crippen LogP contribution < -0.4 is 5.32 Å². The molecule has 6 heteroatoms. The molecule has 0 aliphatic rings. The van der Waals surface area contributed by atoms with Gasteiger partial charge in [0.15, 0.2) is 0 Å². The Morgan fingerprint density at radius 2 is 1.81 bits per heavy atom. The van der Waals surface area contributed by atoms with Crippen LogP contribution in [0.5, 0.6) is 0 Å². The molecule has 0 bridgehead atoms. The molecule has 0 atom stereocenters. The van der Waals surface area contributed by atoms with E-state index in [1.807, 2.05) is 62.5 Å². The zero-order valence-electron chi connectivity index (χ0n) is 18.6. The minimum absolute atomic E-state index is 0.148. The second-order valence-corrected chi connectivity index (χ2v) is 8.69. The van der Waals surface area contributed by atoms with E-state index in [2.05, 4.69) is 5.32 Å². The van der Waals surface area contributed by atoms with E-state index >= 15 is 0 Å². The summed E-state index contributed by atoms with van der Waals surface area (Å²) in [7, 11) is 0. The number of anilines is 1. The average Bonchev–Trinajstić information content (AvgIpc) is 3.36. The first kappa shape index (κ1) is 21.8. The number of nitrogens with one attached hydrogen (secondary N) is 1. The number of esters is 1. The van der Waals surface area contributed by atoms with Crippen molar-refractivity contribution in [1.29, 1.82) is 0 Å². The number of carbonyl (C=O) groups is 2. The summed E-state index contributed by atoms with van der Waals surface area (Å²) in [5, 5.41) is 6.22. The molecule has 5 nitrogen and oxygen atoms in total. The largest absolute Gasteiger partial charge is 0.464 e. The van der Waals surface area contributed by atoms with Crippen LogP contribution in [-0.2, 0) is 16.0 Å². The highest BCUT2D eigenvalue weighted by Crippen LogP contribution is 2.36. The van der Waals surface area contributed by atoms with Gasteiger partial charge in [0, 0.05) is 21.9 Å². The van der Waals surface area contributed by atoms with Gasteiger partial charge < -0.3 is 14.5 Å². The molecule has 0 spiro atoms. The minimum atomic E-state index is -0.445. The molecule has 2 heterocycles. The maximum Gasteiger partial charge on any atom is 0.341 e. The van der Waals surface area contributed by atoms with Crippen molar-refractivity contribution in [3.63, 3.8) is 0 Å². The molecule has 164 valence electrons. The summed E-state index contributed by atoms with van der Waals surface area (Å²) in [6.07, 6.45) is 1.78. The van der Waals surface area contributed by atoms with Crippen LogP contribution in [0, 0.1) is 20.8 Å². The minimum Gasteiger partial charge on any atom is -0.464 e. The molecular formula is C26H25NO4S. The van der Waals surface area contributed by atoms with E-state index in [4.69, 9.17) is 9.15 Å². The maximum atomic E-state index is 12.9. The van der Waals surface area contributed by atoms with Crippen LogP contribution in [0.2, 0.25) is 0 Å². The molecule has 0 saturated carbocycles. The number of rotatable bonds is 6. The summed E-state index contributed by atoms with van der Waals surface area (Å²) in [5.41, 5.74) is 7.01. The predicted molar refractivity (Wildman–Crippen MR) is 128 cm³/mol. The van der Waals surface area contributed by atoms with Crippen LogP contribution in [0.15, 0.2) is 52.5 Å². The first-order chi connectivity index (χ1) is 15.4. The molecule has 0 aliphatic heterocycles. The monoisotopic (exact) mass is 447 g/mol. The number of benzene rings is 2. The molecule has 2 aromatic carbocycles. The Hall–Kier alpha value is -3.38. The molecule has 1 amide bonds. The zero-order valence-corrected chi connectivity index (χ0v) is 19.4. The van der Waals surface area contributed by atoms with E-state index in [1.165, 1.54) is 11.3 Å². The Balaban J connectivity index is 1.62. The van der Waals surface area contributed by atoms with E-state index in [1.54, 1.807) is 13.2 Å². The van der Waals surface area contributed by atoms with Crippen LogP contribution in [0.1, 0.15) is 39.5 Å². The van der Waals surface area contributed by atoms with Gasteiger partial charge in [-0.05, 0) is 44.4 Å². The van der Waals surface area contributed by atoms with Gasteiger partial charge in [0.2, 0.25) is 5.91 Å². The molecule has 1 N–H and O–H groups in total. The molecule has 0 unspecified atom stereocenters. The average molecular weight is 448 g/mol. The SMILES string of the molecule is CCOC(=O)c1c(-c2ccc(C)cc2)csc1NC(=O)Cc1coc2c(C)c(C)ccc12. The number of ether oxygens (including phenoxy) is 1. The van der Waals surface area contributed by atoms with E-state index in [-0.39, 0.29) is 18.9 Å². The van der Waals surface area contributed by atoms with E-state index in [0.29, 0.717) is 10.6 Å². The van der Waals surface area contributed by atoms with Gasteiger partial charge in [-0.2, -0.15) is 0 Å². The third-order valence-corrected chi connectivity index (χ3v) is 6.47. The van der Waals surface area contributed by atoms with Gasteiger partial charge in [0.05, 0.1) is 19.3 Å². The Bertz CT molecular complexity index is 1300. The maximum absolute atomic E-state index is 12.9. The van der Waals surface area contributed by atoms with Crippen molar-refractivity contribution >= 4 is 39.2 Å². The van der Waals surface area contributed by atoms with Gasteiger partial charge in [-0.15, -0.1) is 11.3 Å². The summed E-state index contributed by atoms with van der Waals surface area (Å²) < 4.78 is 11.0. The number of carbonyl (C=O) groups excluding carboxylic acids is 2. The zero-order chi connectivity index (χ0) is 22.8. The number of hydrogen-bond acceptors (Lipinski definition) is 5. The van der Waals surface area contributed by atoms with Gasteiger partial charge in [0.25, 0.3) is 0 Å². The Labute approximate surface area is 191 Å². The lowest BCUT2D eigenvalue weighted by molar-refractivity contribution is -0.115. The first-order valence-electron chi connectivity index (χ1n) is 10.5. The summed E-state index contributed by atoms with van der Waals surface area (Å²) in [4.78, 5) is 25.6. The molecule has 0 aliphatic carbocycles. The van der Waals surface area contributed by atoms with Crippen molar-refractivity contribution in [3.05, 3.63) is 75.9 Å². The lowest BCUT2D eigenvalue weighted by atomic mass is 10.0. The number of fused-ring (bicyclic) bond motifs is 1. The number of hydrogen-bond donors (Lipinski definition) is 1. The fourth-order valence-corrected chi connectivity index (χ4v) is 4.64. The van der Waals surface area contributed by atoms with Gasteiger partial charge in [-0.3, -0.25) is 4.79 Å².